The lowest BCUT2D eigenvalue weighted by Gasteiger charge is -2.26. The number of nitrogens with one attached hydrogen (secondary N) is 1. The van der Waals surface area contributed by atoms with E-state index in [4.69, 9.17) is 9.51 Å². The third kappa shape index (κ3) is 3.33. The van der Waals surface area contributed by atoms with Crippen LogP contribution in [0.15, 0.2) is 46.4 Å². The fraction of sp³-hybridized carbons (Fsp3) is 0.333. The third-order valence-corrected chi connectivity index (χ3v) is 6.37. The molecule has 1 aromatic carbocycles. The summed E-state index contributed by atoms with van der Waals surface area (Å²) in [6.45, 7) is 1.77. The predicted octanol–water partition coefficient (Wildman–Crippen LogP) is 3.88. The van der Waals surface area contributed by atoms with Crippen molar-refractivity contribution in [1.82, 2.24) is 24.8 Å². The van der Waals surface area contributed by atoms with E-state index in [-0.39, 0.29) is 12.3 Å². The van der Waals surface area contributed by atoms with Crippen LogP contribution in [0.2, 0.25) is 0 Å². The van der Waals surface area contributed by atoms with Crippen LogP contribution >= 0.6 is 11.3 Å². The molecule has 0 spiro atoms. The molecule has 148 valence electrons. The van der Waals surface area contributed by atoms with Crippen LogP contribution in [-0.4, -0.2) is 25.4 Å². The zero-order valence-corrected chi connectivity index (χ0v) is 16.9. The average Bonchev–Trinajstić information content (AvgIpc) is 3.49. The summed E-state index contributed by atoms with van der Waals surface area (Å²) in [7, 11) is 0. The molecule has 0 radical (unpaired) electrons. The van der Waals surface area contributed by atoms with Gasteiger partial charge in [0, 0.05) is 29.8 Å². The number of carbonyl (C=O) groups is 1. The van der Waals surface area contributed by atoms with Crippen molar-refractivity contribution in [1.29, 1.82) is 0 Å². The zero-order valence-electron chi connectivity index (χ0n) is 16.1. The summed E-state index contributed by atoms with van der Waals surface area (Å²) in [5, 5.41) is 9.30. The first-order chi connectivity index (χ1) is 14.1. The molecule has 0 atom stereocenters. The van der Waals surface area contributed by atoms with Crippen LogP contribution in [0.25, 0.3) is 16.2 Å². The lowest BCUT2D eigenvalue weighted by molar-refractivity contribution is -0.122. The fourth-order valence-electron chi connectivity index (χ4n) is 4.06. The number of aryl methyl sites for hydroxylation is 1. The number of imidazole rings is 1. The van der Waals surface area contributed by atoms with Crippen LogP contribution in [0.5, 0.6) is 0 Å². The minimum Gasteiger partial charge on any atom is -0.343 e. The number of amides is 1. The molecule has 29 heavy (non-hydrogen) atoms. The monoisotopic (exact) mass is 407 g/mol. The van der Waals surface area contributed by atoms with Gasteiger partial charge in [0.1, 0.15) is 5.54 Å². The van der Waals surface area contributed by atoms with Crippen molar-refractivity contribution < 1.29 is 9.32 Å². The summed E-state index contributed by atoms with van der Waals surface area (Å²) >= 11 is 1.55. The Kier molecular flexibility index (Phi) is 4.43. The molecule has 1 N–H and O–H groups in total. The second-order valence-corrected chi connectivity index (χ2v) is 8.36. The maximum atomic E-state index is 12.9. The number of benzene rings is 1. The molecule has 4 aromatic rings. The number of hydrogen-bond acceptors (Lipinski definition) is 6. The highest BCUT2D eigenvalue weighted by Crippen LogP contribution is 2.37. The van der Waals surface area contributed by atoms with Gasteiger partial charge in [0.05, 0.1) is 12.1 Å². The van der Waals surface area contributed by atoms with Crippen molar-refractivity contribution in [3.63, 3.8) is 0 Å². The molecule has 8 heteroatoms. The van der Waals surface area contributed by atoms with Gasteiger partial charge < -0.3 is 9.84 Å². The van der Waals surface area contributed by atoms with E-state index < -0.39 is 5.54 Å². The maximum Gasteiger partial charge on any atom is 0.226 e. The second-order valence-electron chi connectivity index (χ2n) is 7.52. The second kappa shape index (κ2) is 7.11. The van der Waals surface area contributed by atoms with Crippen LogP contribution in [0.1, 0.15) is 43.1 Å². The highest BCUT2D eigenvalue weighted by molar-refractivity contribution is 7.15. The Morgan fingerprint density at radius 2 is 2.03 bits per heavy atom. The number of hydrogen-bond donors (Lipinski definition) is 1. The molecule has 1 saturated carbocycles. The van der Waals surface area contributed by atoms with Gasteiger partial charge in [-0.2, -0.15) is 4.98 Å². The fourth-order valence-corrected chi connectivity index (χ4v) is 4.93. The van der Waals surface area contributed by atoms with Crippen LogP contribution in [0.4, 0.5) is 0 Å². The molecule has 0 bridgehead atoms. The Morgan fingerprint density at radius 3 is 2.76 bits per heavy atom. The normalized spacial score (nSPS) is 15.8. The molecule has 1 aliphatic rings. The van der Waals surface area contributed by atoms with E-state index in [1.54, 1.807) is 18.3 Å². The Balaban J connectivity index is 1.38. The summed E-state index contributed by atoms with van der Waals surface area (Å²) in [4.78, 5) is 22.9. The number of aromatic nitrogens is 4. The topological polar surface area (TPSA) is 85.3 Å². The van der Waals surface area contributed by atoms with Gasteiger partial charge in [0.2, 0.25) is 11.8 Å². The van der Waals surface area contributed by atoms with Crippen molar-refractivity contribution in [2.24, 2.45) is 0 Å². The van der Waals surface area contributed by atoms with E-state index >= 15 is 0 Å². The minimum atomic E-state index is -0.520. The van der Waals surface area contributed by atoms with Gasteiger partial charge in [0.25, 0.3) is 0 Å². The molecule has 5 rings (SSSR count). The highest BCUT2D eigenvalue weighted by Gasteiger charge is 2.41. The van der Waals surface area contributed by atoms with E-state index in [1.807, 2.05) is 46.3 Å². The van der Waals surface area contributed by atoms with Gasteiger partial charge in [0.15, 0.2) is 10.8 Å². The van der Waals surface area contributed by atoms with Crippen molar-refractivity contribution >= 4 is 22.2 Å². The van der Waals surface area contributed by atoms with Crippen molar-refractivity contribution in [3.8, 4) is 11.3 Å². The SMILES string of the molecule is Cc1nc(C2(NC(=O)Cc3csc4nc(-c5ccccc5)cn34)CCCC2)no1. The molecule has 3 aromatic heterocycles. The number of fused-ring (bicyclic) bond motifs is 1. The van der Waals surface area contributed by atoms with Gasteiger partial charge in [-0.1, -0.05) is 48.3 Å². The molecule has 3 heterocycles. The van der Waals surface area contributed by atoms with Crippen LogP contribution < -0.4 is 5.32 Å². The molecule has 0 unspecified atom stereocenters. The van der Waals surface area contributed by atoms with E-state index in [2.05, 4.69) is 15.5 Å². The smallest absolute Gasteiger partial charge is 0.226 e. The lowest BCUT2D eigenvalue weighted by atomic mass is 9.96. The molecular weight excluding hydrogens is 386 g/mol. The van der Waals surface area contributed by atoms with Gasteiger partial charge >= 0.3 is 0 Å². The summed E-state index contributed by atoms with van der Waals surface area (Å²) in [5.41, 5.74) is 2.38. The molecular formula is C21H21N5O2S. The average molecular weight is 407 g/mol. The number of carbonyl (C=O) groups excluding carboxylic acids is 1. The number of rotatable bonds is 5. The highest BCUT2D eigenvalue weighted by atomic mass is 32.1. The van der Waals surface area contributed by atoms with Gasteiger partial charge in [-0.3, -0.25) is 9.20 Å². The van der Waals surface area contributed by atoms with Crippen LogP contribution in [-0.2, 0) is 16.8 Å². The molecule has 0 aliphatic heterocycles. The maximum absolute atomic E-state index is 12.9. The standard InChI is InChI=1S/C21H21N5O2S/c1-14-22-19(25-28-14)21(9-5-6-10-21)24-18(27)11-16-13-29-20-23-17(12-26(16)20)15-7-3-2-4-8-15/h2-4,7-8,12-13H,5-6,9-11H2,1H3,(H,24,27). The van der Waals surface area contributed by atoms with Crippen molar-refractivity contribution in [2.75, 3.05) is 0 Å². The molecule has 1 amide bonds. The third-order valence-electron chi connectivity index (χ3n) is 5.49. The Bertz CT molecular complexity index is 1150. The summed E-state index contributed by atoms with van der Waals surface area (Å²) in [6.07, 6.45) is 6.03. The van der Waals surface area contributed by atoms with E-state index in [0.29, 0.717) is 11.7 Å². The van der Waals surface area contributed by atoms with E-state index in [9.17, 15) is 4.79 Å². The lowest BCUT2D eigenvalue weighted by Crippen LogP contribution is -2.45. The first-order valence-corrected chi connectivity index (χ1v) is 10.6. The first-order valence-electron chi connectivity index (χ1n) is 9.76. The quantitative estimate of drug-likeness (QED) is 0.543. The van der Waals surface area contributed by atoms with Gasteiger partial charge in [-0.15, -0.1) is 11.3 Å². The molecule has 1 aliphatic carbocycles. The van der Waals surface area contributed by atoms with Crippen LogP contribution in [0.3, 0.4) is 0 Å². The van der Waals surface area contributed by atoms with E-state index in [1.165, 1.54) is 0 Å². The molecule has 7 nitrogen and oxygen atoms in total. The predicted molar refractivity (Wildman–Crippen MR) is 110 cm³/mol. The number of thiazole rings is 1. The Morgan fingerprint density at radius 1 is 1.24 bits per heavy atom. The number of nitrogens with zero attached hydrogens (tertiary/aromatic N) is 4. The zero-order chi connectivity index (χ0) is 19.8. The summed E-state index contributed by atoms with van der Waals surface area (Å²) in [6, 6.07) is 10.1. The first kappa shape index (κ1) is 18.1. The van der Waals surface area contributed by atoms with Gasteiger partial charge in [-0.05, 0) is 12.8 Å². The summed E-state index contributed by atoms with van der Waals surface area (Å²) in [5.74, 6) is 1.07. The molecule has 1 fully saturated rings. The van der Waals surface area contributed by atoms with E-state index in [0.717, 1.165) is 47.6 Å². The van der Waals surface area contributed by atoms with Crippen LogP contribution in [0, 0.1) is 6.92 Å². The van der Waals surface area contributed by atoms with Gasteiger partial charge in [-0.25, -0.2) is 4.98 Å². The van der Waals surface area contributed by atoms with Crippen molar-refractivity contribution in [3.05, 3.63) is 59.3 Å². The Labute approximate surface area is 171 Å². The molecule has 0 saturated heterocycles. The summed E-state index contributed by atoms with van der Waals surface area (Å²) < 4.78 is 7.18. The Hall–Kier alpha value is -3.00. The van der Waals surface area contributed by atoms with Crippen molar-refractivity contribution in [2.45, 2.75) is 44.6 Å². The minimum absolute atomic E-state index is 0.0379. The largest absolute Gasteiger partial charge is 0.343 e.